The molecule has 3 heterocycles. The molecular formula is C21H26ClF2N5O2. The first kappa shape index (κ1) is 21.8. The Balaban J connectivity index is 1.31. The standard InChI is InChI=1S/C21H26ClF2N5O2/c1-20(2,3)31-19(30)28-11-21(12-28)7-13(8-21)9-25-16-6-17(22)26-10-14(16)15-4-5-29(27-15)18(23)24/h4-6,10,13,18H,7-9,11-12H2,1-3H3,(H,25,26). The van der Waals surface area contributed by atoms with E-state index in [1.807, 2.05) is 20.8 Å². The van der Waals surface area contributed by atoms with Gasteiger partial charge in [-0.1, -0.05) is 11.6 Å². The van der Waals surface area contributed by atoms with Gasteiger partial charge in [-0.15, -0.1) is 0 Å². The van der Waals surface area contributed by atoms with Crippen LogP contribution in [0.5, 0.6) is 0 Å². The van der Waals surface area contributed by atoms with Crippen LogP contribution in [0.2, 0.25) is 5.15 Å². The first-order valence-electron chi connectivity index (χ1n) is 10.2. The molecule has 1 amide bonds. The van der Waals surface area contributed by atoms with Crippen LogP contribution in [0.15, 0.2) is 24.5 Å². The number of nitrogens with one attached hydrogen (secondary N) is 1. The molecule has 1 saturated heterocycles. The Morgan fingerprint density at radius 3 is 2.71 bits per heavy atom. The van der Waals surface area contributed by atoms with Crippen LogP contribution in [0.25, 0.3) is 11.3 Å². The molecule has 1 aliphatic heterocycles. The van der Waals surface area contributed by atoms with E-state index >= 15 is 0 Å². The van der Waals surface area contributed by atoms with Crippen molar-refractivity contribution in [2.24, 2.45) is 11.3 Å². The van der Waals surface area contributed by atoms with Gasteiger partial charge < -0.3 is 15.0 Å². The number of anilines is 1. The van der Waals surface area contributed by atoms with E-state index in [1.54, 1.807) is 11.0 Å². The highest BCUT2D eigenvalue weighted by Gasteiger charge is 2.54. The molecule has 1 saturated carbocycles. The highest BCUT2D eigenvalue weighted by atomic mass is 35.5. The van der Waals surface area contributed by atoms with Crippen molar-refractivity contribution in [3.05, 3.63) is 29.7 Å². The topological polar surface area (TPSA) is 72.3 Å². The van der Waals surface area contributed by atoms with Crippen molar-refractivity contribution in [1.82, 2.24) is 19.7 Å². The number of pyridine rings is 1. The van der Waals surface area contributed by atoms with Crippen molar-refractivity contribution < 1.29 is 18.3 Å². The zero-order chi connectivity index (χ0) is 22.4. The number of aromatic nitrogens is 3. The minimum atomic E-state index is -2.70. The number of alkyl halides is 2. The Labute approximate surface area is 184 Å². The van der Waals surface area contributed by atoms with E-state index in [9.17, 15) is 13.6 Å². The van der Waals surface area contributed by atoms with Crippen LogP contribution in [0.3, 0.4) is 0 Å². The Morgan fingerprint density at radius 1 is 1.39 bits per heavy atom. The third-order valence-corrected chi connectivity index (χ3v) is 5.89. The number of amides is 1. The third kappa shape index (κ3) is 4.76. The monoisotopic (exact) mass is 453 g/mol. The predicted octanol–water partition coefficient (Wildman–Crippen LogP) is 5.05. The second kappa shape index (κ2) is 7.93. The fourth-order valence-corrected chi connectivity index (χ4v) is 4.57. The van der Waals surface area contributed by atoms with Gasteiger partial charge in [-0.05, 0) is 51.7 Å². The molecule has 1 aliphatic carbocycles. The fraction of sp³-hybridized carbons (Fsp3) is 0.571. The molecule has 10 heteroatoms. The lowest BCUT2D eigenvalue weighted by atomic mass is 9.58. The van der Waals surface area contributed by atoms with Gasteiger partial charge in [0.1, 0.15) is 10.8 Å². The summed E-state index contributed by atoms with van der Waals surface area (Å²) in [5.41, 5.74) is 1.45. The average Bonchev–Trinajstić information content (AvgIpc) is 3.07. The van der Waals surface area contributed by atoms with Crippen LogP contribution in [-0.2, 0) is 4.74 Å². The van der Waals surface area contributed by atoms with Crippen molar-refractivity contribution in [3.8, 4) is 11.3 Å². The number of nitrogens with zero attached hydrogens (tertiary/aromatic N) is 4. The van der Waals surface area contributed by atoms with Crippen molar-refractivity contribution in [1.29, 1.82) is 0 Å². The van der Waals surface area contributed by atoms with Gasteiger partial charge in [-0.2, -0.15) is 13.9 Å². The highest BCUT2D eigenvalue weighted by molar-refractivity contribution is 6.29. The molecule has 1 spiro atoms. The van der Waals surface area contributed by atoms with Crippen LogP contribution in [-0.4, -0.2) is 51.0 Å². The molecule has 31 heavy (non-hydrogen) atoms. The summed E-state index contributed by atoms with van der Waals surface area (Å²) in [4.78, 5) is 18.0. The molecule has 0 aromatic carbocycles. The van der Waals surface area contributed by atoms with Crippen LogP contribution in [0.1, 0.15) is 40.2 Å². The summed E-state index contributed by atoms with van der Waals surface area (Å²) in [6.45, 7) is 5.08. The van der Waals surface area contributed by atoms with Crippen LogP contribution in [0, 0.1) is 11.3 Å². The van der Waals surface area contributed by atoms with Crippen LogP contribution in [0.4, 0.5) is 19.3 Å². The maximum absolute atomic E-state index is 12.9. The summed E-state index contributed by atoms with van der Waals surface area (Å²) in [5.74, 6) is 0.458. The Morgan fingerprint density at radius 2 is 2.10 bits per heavy atom. The zero-order valence-electron chi connectivity index (χ0n) is 17.7. The lowest BCUT2D eigenvalue weighted by Crippen LogP contribution is -2.64. The van der Waals surface area contributed by atoms with Crippen LogP contribution < -0.4 is 5.32 Å². The Hall–Kier alpha value is -2.42. The fourth-order valence-electron chi connectivity index (χ4n) is 4.41. The molecule has 2 aliphatic rings. The number of likely N-dealkylation sites (tertiary alicyclic amines) is 1. The zero-order valence-corrected chi connectivity index (χ0v) is 18.5. The van der Waals surface area contributed by atoms with Gasteiger partial charge in [0.05, 0.1) is 5.69 Å². The number of carbonyl (C=O) groups is 1. The number of hydrogen-bond donors (Lipinski definition) is 1. The van der Waals surface area contributed by atoms with E-state index in [4.69, 9.17) is 16.3 Å². The lowest BCUT2D eigenvalue weighted by molar-refractivity contribution is -0.0920. The summed E-state index contributed by atoms with van der Waals surface area (Å²) < 4.78 is 31.7. The van der Waals surface area contributed by atoms with Gasteiger partial charge in [0.15, 0.2) is 0 Å². The van der Waals surface area contributed by atoms with Crippen molar-refractivity contribution in [3.63, 3.8) is 0 Å². The quantitative estimate of drug-likeness (QED) is 0.641. The van der Waals surface area contributed by atoms with Gasteiger partial charge in [0, 0.05) is 48.7 Å². The van der Waals surface area contributed by atoms with E-state index in [2.05, 4.69) is 15.4 Å². The second-order valence-electron chi connectivity index (χ2n) is 9.50. The Kier molecular flexibility index (Phi) is 5.57. The molecule has 0 atom stereocenters. The molecule has 0 unspecified atom stereocenters. The molecular weight excluding hydrogens is 428 g/mol. The molecule has 2 aromatic rings. The summed E-state index contributed by atoms with van der Waals surface area (Å²) in [6.07, 6.45) is 4.57. The minimum absolute atomic E-state index is 0.192. The third-order valence-electron chi connectivity index (χ3n) is 5.68. The van der Waals surface area contributed by atoms with Gasteiger partial charge >= 0.3 is 12.6 Å². The summed E-state index contributed by atoms with van der Waals surface area (Å²) in [6, 6.07) is 3.21. The van der Waals surface area contributed by atoms with Crippen molar-refractivity contribution in [2.45, 2.75) is 45.8 Å². The maximum atomic E-state index is 12.9. The average molecular weight is 454 g/mol. The van der Waals surface area contributed by atoms with Gasteiger partial charge in [-0.25, -0.2) is 14.5 Å². The first-order chi connectivity index (χ1) is 14.5. The molecule has 1 N–H and O–H groups in total. The lowest BCUT2D eigenvalue weighted by Gasteiger charge is -2.58. The van der Waals surface area contributed by atoms with E-state index in [0.717, 1.165) is 32.5 Å². The highest BCUT2D eigenvalue weighted by Crippen LogP contribution is 2.52. The van der Waals surface area contributed by atoms with E-state index in [-0.39, 0.29) is 11.5 Å². The largest absolute Gasteiger partial charge is 0.444 e. The van der Waals surface area contributed by atoms with E-state index < -0.39 is 12.2 Å². The normalized spacial score (nSPS) is 18.1. The number of carbonyl (C=O) groups excluding carboxylic acids is 1. The molecule has 7 nitrogen and oxygen atoms in total. The number of hydrogen-bond acceptors (Lipinski definition) is 5. The number of rotatable bonds is 5. The smallest absolute Gasteiger partial charge is 0.410 e. The molecule has 0 bridgehead atoms. The number of halogens is 3. The molecule has 168 valence electrons. The van der Waals surface area contributed by atoms with E-state index in [1.165, 1.54) is 18.5 Å². The number of ether oxygens (including phenoxy) is 1. The molecule has 0 radical (unpaired) electrons. The summed E-state index contributed by atoms with van der Waals surface area (Å²) in [7, 11) is 0. The van der Waals surface area contributed by atoms with Crippen molar-refractivity contribution >= 4 is 23.4 Å². The summed E-state index contributed by atoms with van der Waals surface area (Å²) >= 11 is 6.05. The van der Waals surface area contributed by atoms with Crippen LogP contribution >= 0.6 is 11.6 Å². The van der Waals surface area contributed by atoms with Crippen molar-refractivity contribution in [2.75, 3.05) is 25.0 Å². The van der Waals surface area contributed by atoms with E-state index in [0.29, 0.717) is 32.7 Å². The minimum Gasteiger partial charge on any atom is -0.444 e. The maximum Gasteiger partial charge on any atom is 0.410 e. The molecule has 2 aromatic heterocycles. The molecule has 4 rings (SSSR count). The molecule has 2 fully saturated rings. The second-order valence-corrected chi connectivity index (χ2v) is 9.89. The Bertz CT molecular complexity index is 961. The predicted molar refractivity (Wildman–Crippen MR) is 113 cm³/mol. The summed E-state index contributed by atoms with van der Waals surface area (Å²) in [5, 5.41) is 7.62. The SMILES string of the molecule is CC(C)(C)OC(=O)N1CC2(CC(CNc3cc(Cl)ncc3-c3ccn(C(F)F)n3)C2)C1. The van der Waals surface area contributed by atoms with Gasteiger partial charge in [-0.3, -0.25) is 0 Å². The first-order valence-corrected chi connectivity index (χ1v) is 10.6. The van der Waals surface area contributed by atoms with Gasteiger partial charge in [0.2, 0.25) is 0 Å². The van der Waals surface area contributed by atoms with Gasteiger partial charge in [0.25, 0.3) is 0 Å².